The van der Waals surface area contributed by atoms with Crippen molar-refractivity contribution in [2.75, 3.05) is 5.32 Å². The van der Waals surface area contributed by atoms with Crippen molar-refractivity contribution in [2.45, 2.75) is 26.4 Å². The van der Waals surface area contributed by atoms with Crippen LogP contribution in [0.25, 0.3) is 0 Å². The highest BCUT2D eigenvalue weighted by Crippen LogP contribution is 2.12. The molecular weight excluding hydrogens is 248 g/mol. The van der Waals surface area contributed by atoms with Crippen molar-refractivity contribution in [1.82, 2.24) is 4.98 Å². The van der Waals surface area contributed by atoms with Crippen LogP contribution in [0, 0.1) is 0 Å². The van der Waals surface area contributed by atoms with Crippen LogP contribution in [0.3, 0.4) is 0 Å². The van der Waals surface area contributed by atoms with E-state index in [2.05, 4.69) is 10.3 Å². The summed E-state index contributed by atoms with van der Waals surface area (Å²) < 4.78 is 42.3. The maximum absolute atomic E-state index is 12.5. The van der Waals surface area contributed by atoms with Gasteiger partial charge in [-0.15, -0.1) is 5.46 Å². The van der Waals surface area contributed by atoms with E-state index in [0.717, 1.165) is 18.3 Å². The number of pyridine rings is 1. The van der Waals surface area contributed by atoms with Crippen LogP contribution in [0.1, 0.15) is 20.8 Å². The predicted molar refractivity (Wildman–Crippen MR) is 62.8 cm³/mol. The summed E-state index contributed by atoms with van der Waals surface area (Å²) in [5.74, 6) is -0.194. The second-order valence-corrected chi connectivity index (χ2v) is 4.68. The van der Waals surface area contributed by atoms with Crippen LogP contribution in [0.5, 0.6) is 0 Å². The quantitative estimate of drug-likeness (QED) is 0.832. The van der Waals surface area contributed by atoms with Crippen molar-refractivity contribution in [1.29, 1.82) is 0 Å². The zero-order valence-electron chi connectivity index (χ0n) is 10.2. The molecule has 1 aromatic heterocycles. The Kier molecular flexibility index (Phi) is 3.88. The van der Waals surface area contributed by atoms with Gasteiger partial charge in [0.05, 0.1) is 0 Å². The molecule has 4 nitrogen and oxygen atoms in total. The fourth-order valence-electron chi connectivity index (χ4n) is 1.13. The highest BCUT2D eigenvalue weighted by Gasteiger charge is 2.26. The summed E-state index contributed by atoms with van der Waals surface area (Å²) in [4.78, 5) is 15.0. The van der Waals surface area contributed by atoms with Crippen LogP contribution in [-0.4, -0.2) is 23.7 Å². The highest BCUT2D eigenvalue weighted by atomic mass is 19.4. The van der Waals surface area contributed by atoms with Gasteiger partial charge in [0.2, 0.25) is 0 Å². The standard InChI is InChI=1S/C10H13BF3N2O2/c1-10(2,3)18-9(17)16-8-6-7(4-5-15-8)11(12,13)14/h4-6H,1-3H3,(H,15,16,17)/q-1. The minimum absolute atomic E-state index is 0.194. The number of hydrogen-bond donors (Lipinski definition) is 1. The molecular formula is C10H13BF3N2O2-. The number of ether oxygens (including phenoxy) is 1. The van der Waals surface area contributed by atoms with Crippen molar-refractivity contribution < 1.29 is 22.5 Å². The van der Waals surface area contributed by atoms with Crippen molar-refractivity contribution >= 4 is 24.4 Å². The van der Waals surface area contributed by atoms with E-state index in [1.165, 1.54) is 0 Å². The number of rotatable bonds is 2. The van der Waals surface area contributed by atoms with Gasteiger partial charge in [-0.1, -0.05) is 6.07 Å². The average Bonchev–Trinajstić information content (AvgIpc) is 2.13. The Labute approximate surface area is 103 Å². The third kappa shape index (κ3) is 4.64. The van der Waals surface area contributed by atoms with Crippen molar-refractivity contribution in [2.24, 2.45) is 0 Å². The number of carbonyl (C=O) groups is 1. The Bertz CT molecular complexity index is 443. The van der Waals surface area contributed by atoms with Gasteiger partial charge in [0.1, 0.15) is 11.4 Å². The first kappa shape index (κ1) is 14.3. The first-order valence-electron chi connectivity index (χ1n) is 5.24. The monoisotopic (exact) mass is 261 g/mol. The molecule has 1 N–H and O–H groups in total. The minimum Gasteiger partial charge on any atom is -0.445 e. The highest BCUT2D eigenvalue weighted by molar-refractivity contribution is 6.73. The first-order chi connectivity index (χ1) is 8.08. The zero-order chi connectivity index (χ0) is 14.0. The molecule has 0 aliphatic carbocycles. The number of aromatic nitrogens is 1. The molecule has 8 heteroatoms. The van der Waals surface area contributed by atoms with E-state index in [9.17, 15) is 17.7 Å². The van der Waals surface area contributed by atoms with Crippen LogP contribution >= 0.6 is 0 Å². The average molecular weight is 261 g/mol. The van der Waals surface area contributed by atoms with Gasteiger partial charge in [-0.2, -0.15) is 0 Å². The number of anilines is 1. The third-order valence-corrected chi connectivity index (χ3v) is 1.79. The molecule has 0 aliphatic rings. The summed E-state index contributed by atoms with van der Waals surface area (Å²) in [6, 6.07) is 1.62. The molecule has 0 radical (unpaired) electrons. The van der Waals surface area contributed by atoms with Gasteiger partial charge in [-0.3, -0.25) is 5.32 Å². The molecule has 100 valence electrons. The smallest absolute Gasteiger partial charge is 0.445 e. The zero-order valence-corrected chi connectivity index (χ0v) is 10.2. The molecule has 1 aromatic rings. The third-order valence-electron chi connectivity index (χ3n) is 1.79. The molecule has 0 aromatic carbocycles. The Morgan fingerprint density at radius 3 is 2.50 bits per heavy atom. The van der Waals surface area contributed by atoms with Gasteiger partial charge < -0.3 is 17.7 Å². The fraction of sp³-hybridized carbons (Fsp3) is 0.400. The number of halogens is 3. The van der Waals surface area contributed by atoms with Gasteiger partial charge >= 0.3 is 13.1 Å². The van der Waals surface area contributed by atoms with Gasteiger partial charge in [0.25, 0.3) is 0 Å². The van der Waals surface area contributed by atoms with E-state index in [1.807, 2.05) is 0 Å². The van der Waals surface area contributed by atoms with Crippen molar-refractivity contribution in [3.05, 3.63) is 18.3 Å². The Hall–Kier alpha value is -1.73. The molecule has 0 saturated heterocycles. The number of nitrogens with one attached hydrogen (secondary N) is 1. The van der Waals surface area contributed by atoms with E-state index >= 15 is 0 Å². The molecule has 1 heterocycles. The topological polar surface area (TPSA) is 51.2 Å². The second kappa shape index (κ2) is 4.87. The van der Waals surface area contributed by atoms with Crippen molar-refractivity contribution in [3.8, 4) is 0 Å². The summed E-state index contributed by atoms with van der Waals surface area (Å²) in [6.45, 7) is -0.172. The number of hydrogen-bond acceptors (Lipinski definition) is 3. The maximum Gasteiger partial charge on any atom is 0.509 e. The predicted octanol–water partition coefficient (Wildman–Crippen LogP) is 2.48. The lowest BCUT2D eigenvalue weighted by Gasteiger charge is -2.20. The Balaban J connectivity index is 2.77. The van der Waals surface area contributed by atoms with Crippen LogP contribution in [0.15, 0.2) is 18.3 Å². The molecule has 1 rings (SSSR count). The van der Waals surface area contributed by atoms with Crippen LogP contribution in [0.4, 0.5) is 23.6 Å². The summed E-state index contributed by atoms with van der Waals surface area (Å²) in [6.07, 6.45) is 0.138. The fourth-order valence-corrected chi connectivity index (χ4v) is 1.13. The van der Waals surface area contributed by atoms with Gasteiger partial charge in [-0.05, 0) is 26.8 Å². The normalized spacial score (nSPS) is 12.1. The maximum atomic E-state index is 12.5. The molecule has 1 amide bonds. The molecule has 0 fully saturated rings. The SMILES string of the molecule is CC(C)(C)OC(=O)Nc1cc([B-](F)(F)F)ccn1. The minimum atomic E-state index is -5.12. The molecule has 18 heavy (non-hydrogen) atoms. The van der Waals surface area contributed by atoms with Crippen LogP contribution in [-0.2, 0) is 4.74 Å². The molecule has 0 spiro atoms. The lowest BCUT2D eigenvalue weighted by Crippen LogP contribution is -2.34. The lowest BCUT2D eigenvalue weighted by atomic mass is 9.81. The van der Waals surface area contributed by atoms with E-state index in [-0.39, 0.29) is 5.82 Å². The van der Waals surface area contributed by atoms with Gasteiger partial charge in [0, 0.05) is 6.20 Å². The molecule has 0 bridgehead atoms. The van der Waals surface area contributed by atoms with Crippen LogP contribution in [0.2, 0.25) is 0 Å². The first-order valence-corrected chi connectivity index (χ1v) is 5.24. The van der Waals surface area contributed by atoms with E-state index in [1.54, 1.807) is 20.8 Å². The molecule has 0 aliphatic heterocycles. The molecule has 0 unspecified atom stereocenters. The molecule has 0 atom stereocenters. The van der Waals surface area contributed by atoms with E-state index in [4.69, 9.17) is 4.74 Å². The lowest BCUT2D eigenvalue weighted by molar-refractivity contribution is 0.0635. The summed E-state index contributed by atoms with van der Waals surface area (Å²) in [5, 5.41) is 2.15. The summed E-state index contributed by atoms with van der Waals surface area (Å²) in [5.41, 5.74) is -1.55. The number of carbonyl (C=O) groups excluding carboxylic acids is 1. The van der Waals surface area contributed by atoms with Crippen LogP contribution < -0.4 is 10.8 Å². The second-order valence-electron chi connectivity index (χ2n) is 4.68. The number of nitrogens with zero attached hydrogens (tertiary/aromatic N) is 1. The van der Waals surface area contributed by atoms with E-state index < -0.39 is 24.1 Å². The Morgan fingerprint density at radius 2 is 2.00 bits per heavy atom. The summed E-state index contributed by atoms with van der Waals surface area (Å²) >= 11 is 0. The molecule has 0 saturated carbocycles. The summed E-state index contributed by atoms with van der Waals surface area (Å²) in [7, 11) is 0. The van der Waals surface area contributed by atoms with Gasteiger partial charge in [-0.25, -0.2) is 9.78 Å². The van der Waals surface area contributed by atoms with Crippen molar-refractivity contribution in [3.63, 3.8) is 0 Å². The largest absolute Gasteiger partial charge is 0.509 e. The Morgan fingerprint density at radius 1 is 1.39 bits per heavy atom. The number of amides is 1. The van der Waals surface area contributed by atoms with Gasteiger partial charge in [0.15, 0.2) is 0 Å². The van der Waals surface area contributed by atoms with E-state index in [0.29, 0.717) is 0 Å².